The average molecular weight is 493 g/mol. The molecule has 0 unspecified atom stereocenters. The van der Waals surface area contributed by atoms with E-state index in [9.17, 15) is 4.79 Å². The predicted octanol–water partition coefficient (Wildman–Crippen LogP) is 6.56. The van der Waals surface area contributed by atoms with E-state index in [1.54, 1.807) is 0 Å². The molecule has 1 heterocycles. The Balaban J connectivity index is 2.03. The van der Waals surface area contributed by atoms with E-state index >= 15 is 0 Å². The Kier molecular flexibility index (Phi) is 6.56. The third-order valence-corrected chi connectivity index (χ3v) is 6.32. The highest BCUT2D eigenvalue weighted by atomic mass is 79.9. The summed E-state index contributed by atoms with van der Waals surface area (Å²) < 4.78 is 7.87. The highest BCUT2D eigenvalue weighted by Gasteiger charge is 2.22. The van der Waals surface area contributed by atoms with Crippen molar-refractivity contribution in [3.8, 4) is 0 Å². The molecule has 0 aliphatic heterocycles. The summed E-state index contributed by atoms with van der Waals surface area (Å²) in [6, 6.07) is 9.87. The minimum absolute atomic E-state index is 0.0103. The van der Waals surface area contributed by atoms with Crippen LogP contribution in [0, 0.1) is 6.92 Å². The molecule has 0 fully saturated rings. The molecule has 3 rings (SSSR count). The molecule has 0 saturated heterocycles. The van der Waals surface area contributed by atoms with Crippen LogP contribution in [-0.2, 0) is 13.0 Å². The van der Waals surface area contributed by atoms with Crippen molar-refractivity contribution >= 4 is 48.6 Å². The van der Waals surface area contributed by atoms with Crippen LogP contribution in [0.5, 0.6) is 0 Å². The van der Waals surface area contributed by atoms with E-state index in [4.69, 9.17) is 4.42 Å². The Bertz CT molecular complexity index is 968. The number of aryl methyl sites for hydroxylation is 1. The summed E-state index contributed by atoms with van der Waals surface area (Å²) in [5, 5.41) is 4.28. The second kappa shape index (κ2) is 8.72. The van der Waals surface area contributed by atoms with Crippen molar-refractivity contribution in [2.24, 2.45) is 0 Å². The van der Waals surface area contributed by atoms with E-state index in [0.717, 1.165) is 56.3 Å². The normalized spacial score (nSPS) is 11.3. The topological polar surface area (TPSA) is 42.2 Å². The van der Waals surface area contributed by atoms with Crippen LogP contribution in [0.1, 0.15) is 53.1 Å². The number of benzene rings is 2. The number of carbonyl (C=O) groups is 1. The van der Waals surface area contributed by atoms with Gasteiger partial charge in [-0.1, -0.05) is 57.8 Å². The standard InChI is InChI=1S/C22H23Br2NO2/c1-4-8-25-12-14-6-7-16-20(9-14)27-19(5-2)21(16)22(26)15-10-17(23)13(3)18(24)11-15/h6-7,9-11,25H,4-5,8,12H2,1-3H3. The molecule has 1 N–H and O–H groups in total. The number of ketones is 1. The number of hydrogen-bond donors (Lipinski definition) is 1. The molecule has 0 saturated carbocycles. The molecule has 0 aliphatic carbocycles. The minimum Gasteiger partial charge on any atom is -0.460 e. The van der Waals surface area contributed by atoms with E-state index in [1.807, 2.05) is 38.1 Å². The van der Waals surface area contributed by atoms with E-state index < -0.39 is 0 Å². The van der Waals surface area contributed by atoms with E-state index in [-0.39, 0.29) is 5.78 Å². The summed E-state index contributed by atoms with van der Waals surface area (Å²) in [7, 11) is 0. The van der Waals surface area contributed by atoms with Crippen molar-refractivity contribution in [1.82, 2.24) is 5.32 Å². The Labute approximate surface area is 176 Å². The van der Waals surface area contributed by atoms with E-state index in [1.165, 1.54) is 0 Å². The molecule has 0 atom stereocenters. The first-order valence-corrected chi connectivity index (χ1v) is 10.8. The van der Waals surface area contributed by atoms with Gasteiger partial charge in [0.05, 0.1) is 5.56 Å². The maximum atomic E-state index is 13.3. The van der Waals surface area contributed by atoms with Crippen LogP contribution in [0.3, 0.4) is 0 Å². The van der Waals surface area contributed by atoms with Crippen LogP contribution in [0.15, 0.2) is 43.7 Å². The lowest BCUT2D eigenvalue weighted by Gasteiger charge is -2.07. The Morgan fingerprint density at radius 1 is 1.11 bits per heavy atom. The lowest BCUT2D eigenvalue weighted by molar-refractivity contribution is 0.103. The van der Waals surface area contributed by atoms with E-state index in [2.05, 4.69) is 50.2 Å². The van der Waals surface area contributed by atoms with E-state index in [0.29, 0.717) is 17.5 Å². The van der Waals surface area contributed by atoms with Crippen molar-refractivity contribution in [3.63, 3.8) is 0 Å². The smallest absolute Gasteiger partial charge is 0.197 e. The fraction of sp³-hybridized carbons (Fsp3) is 0.318. The first-order valence-electron chi connectivity index (χ1n) is 9.21. The zero-order chi connectivity index (χ0) is 19.6. The van der Waals surface area contributed by atoms with Gasteiger partial charge in [-0.2, -0.15) is 0 Å². The molecule has 0 bridgehead atoms. The van der Waals surface area contributed by atoms with Crippen molar-refractivity contribution in [1.29, 1.82) is 0 Å². The fourth-order valence-electron chi connectivity index (χ4n) is 3.13. The van der Waals surface area contributed by atoms with Crippen LogP contribution in [0.2, 0.25) is 0 Å². The molecule has 2 aromatic carbocycles. The minimum atomic E-state index is -0.0103. The molecule has 5 heteroatoms. The number of halogens is 2. The Morgan fingerprint density at radius 3 is 2.44 bits per heavy atom. The highest BCUT2D eigenvalue weighted by Crippen LogP contribution is 2.32. The molecule has 0 amide bonds. The summed E-state index contributed by atoms with van der Waals surface area (Å²) in [6.45, 7) is 7.95. The maximum Gasteiger partial charge on any atom is 0.197 e. The van der Waals surface area contributed by atoms with Crippen molar-refractivity contribution in [3.05, 3.63) is 67.3 Å². The van der Waals surface area contributed by atoms with Gasteiger partial charge >= 0.3 is 0 Å². The predicted molar refractivity (Wildman–Crippen MR) is 118 cm³/mol. The zero-order valence-electron chi connectivity index (χ0n) is 15.8. The van der Waals surface area contributed by atoms with Crippen LogP contribution < -0.4 is 5.32 Å². The summed E-state index contributed by atoms with van der Waals surface area (Å²) in [4.78, 5) is 13.3. The lowest BCUT2D eigenvalue weighted by atomic mass is 9.98. The van der Waals surface area contributed by atoms with Gasteiger partial charge in [0, 0.05) is 32.9 Å². The second-order valence-corrected chi connectivity index (χ2v) is 8.36. The number of hydrogen-bond acceptors (Lipinski definition) is 3. The largest absolute Gasteiger partial charge is 0.460 e. The van der Waals surface area contributed by atoms with Crippen LogP contribution >= 0.6 is 31.9 Å². The van der Waals surface area contributed by atoms with Crippen LogP contribution in [-0.4, -0.2) is 12.3 Å². The van der Waals surface area contributed by atoms with Gasteiger partial charge in [0.1, 0.15) is 11.3 Å². The number of furan rings is 1. The first kappa shape index (κ1) is 20.3. The van der Waals surface area contributed by atoms with Gasteiger partial charge < -0.3 is 9.73 Å². The molecule has 3 aromatic rings. The number of rotatable bonds is 7. The Morgan fingerprint density at radius 2 is 1.81 bits per heavy atom. The van der Waals surface area contributed by atoms with Crippen LogP contribution in [0.4, 0.5) is 0 Å². The summed E-state index contributed by atoms with van der Waals surface area (Å²) in [6.07, 6.45) is 1.77. The molecule has 0 aliphatic rings. The van der Waals surface area contributed by atoms with Gasteiger partial charge in [-0.3, -0.25) is 4.79 Å². The third-order valence-electron chi connectivity index (χ3n) is 4.67. The molecule has 142 valence electrons. The average Bonchev–Trinajstić information content (AvgIpc) is 3.03. The second-order valence-electron chi connectivity index (χ2n) is 6.66. The Hall–Kier alpha value is -1.43. The number of fused-ring (bicyclic) bond motifs is 1. The summed E-state index contributed by atoms with van der Waals surface area (Å²) in [5.41, 5.74) is 4.32. The molecular weight excluding hydrogens is 470 g/mol. The molecule has 27 heavy (non-hydrogen) atoms. The molecule has 3 nitrogen and oxygen atoms in total. The quantitative estimate of drug-likeness (QED) is 0.300. The van der Waals surface area contributed by atoms with Gasteiger partial charge in [0.25, 0.3) is 0 Å². The van der Waals surface area contributed by atoms with Gasteiger partial charge in [0.2, 0.25) is 0 Å². The SMILES string of the molecule is CCCNCc1ccc2c(C(=O)c3cc(Br)c(C)c(Br)c3)c(CC)oc2c1. The van der Waals surface area contributed by atoms with Gasteiger partial charge in [-0.05, 0) is 49.2 Å². The van der Waals surface area contributed by atoms with Gasteiger partial charge in [0.15, 0.2) is 5.78 Å². The third kappa shape index (κ3) is 4.20. The number of nitrogens with one attached hydrogen (secondary N) is 1. The lowest BCUT2D eigenvalue weighted by Crippen LogP contribution is -2.13. The first-order chi connectivity index (χ1) is 13.0. The van der Waals surface area contributed by atoms with Gasteiger partial charge in [-0.25, -0.2) is 0 Å². The summed E-state index contributed by atoms with van der Waals surface area (Å²) >= 11 is 7.08. The highest BCUT2D eigenvalue weighted by molar-refractivity contribution is 9.11. The molecular formula is C22H23Br2NO2. The zero-order valence-corrected chi connectivity index (χ0v) is 19.0. The molecule has 1 aromatic heterocycles. The molecule has 0 spiro atoms. The maximum absolute atomic E-state index is 13.3. The van der Waals surface area contributed by atoms with Crippen molar-refractivity contribution in [2.45, 2.75) is 40.2 Å². The monoisotopic (exact) mass is 491 g/mol. The van der Waals surface area contributed by atoms with Gasteiger partial charge in [-0.15, -0.1) is 0 Å². The van der Waals surface area contributed by atoms with Crippen molar-refractivity contribution < 1.29 is 9.21 Å². The fourth-order valence-corrected chi connectivity index (χ4v) is 4.32. The summed E-state index contributed by atoms with van der Waals surface area (Å²) in [5.74, 6) is 0.727. The van der Waals surface area contributed by atoms with Crippen LogP contribution in [0.25, 0.3) is 11.0 Å². The molecule has 0 radical (unpaired) electrons. The number of carbonyl (C=O) groups excluding carboxylic acids is 1. The van der Waals surface area contributed by atoms with Crippen molar-refractivity contribution in [2.75, 3.05) is 6.54 Å².